The number of rotatable bonds is 1. The van der Waals surface area contributed by atoms with Gasteiger partial charge in [0.15, 0.2) is 0 Å². The lowest BCUT2D eigenvalue weighted by atomic mass is 9.85. The molecule has 1 N–H and O–H groups in total. The largest absolute Gasteiger partial charge is 0.251 e. The van der Waals surface area contributed by atoms with Crippen molar-refractivity contribution in [2.45, 2.75) is 76.2 Å². The van der Waals surface area contributed by atoms with E-state index in [-0.39, 0.29) is 5.60 Å². The van der Waals surface area contributed by atoms with Gasteiger partial charge in [0, 0.05) is 0 Å². The van der Waals surface area contributed by atoms with Gasteiger partial charge in [-0.1, -0.05) is 44.3 Å². The fourth-order valence-electron chi connectivity index (χ4n) is 3.47. The van der Waals surface area contributed by atoms with Gasteiger partial charge in [-0.3, -0.25) is 5.26 Å². The fraction of sp³-hybridized carbons (Fsp3) is 0.867. The predicted octanol–water partition coefficient (Wildman–Crippen LogP) is 4.71. The quantitative estimate of drug-likeness (QED) is 0.407. The molecule has 0 aromatic rings. The van der Waals surface area contributed by atoms with Crippen LogP contribution in [0, 0.1) is 5.92 Å². The van der Waals surface area contributed by atoms with Gasteiger partial charge in [-0.05, 0) is 44.4 Å². The molecule has 98 valence electrons. The highest BCUT2D eigenvalue weighted by Crippen LogP contribution is 2.42. The molecule has 2 aliphatic rings. The van der Waals surface area contributed by atoms with Crippen molar-refractivity contribution in [1.82, 2.24) is 0 Å². The molecule has 0 aromatic heterocycles. The van der Waals surface area contributed by atoms with Crippen LogP contribution in [0.3, 0.4) is 0 Å². The second-order valence-electron chi connectivity index (χ2n) is 5.74. The highest BCUT2D eigenvalue weighted by Gasteiger charge is 2.42. The van der Waals surface area contributed by atoms with Crippen molar-refractivity contribution >= 4 is 0 Å². The lowest BCUT2D eigenvalue weighted by Crippen LogP contribution is -2.33. The maximum atomic E-state index is 9.31. The summed E-state index contributed by atoms with van der Waals surface area (Å²) in [5, 5.41) is 9.31. The van der Waals surface area contributed by atoms with Gasteiger partial charge in [0.05, 0.1) is 0 Å². The van der Waals surface area contributed by atoms with Crippen molar-refractivity contribution in [3.63, 3.8) is 0 Å². The number of fused-ring (bicyclic) bond motifs is 1. The third-order valence-corrected chi connectivity index (χ3v) is 4.55. The Morgan fingerprint density at radius 3 is 2.47 bits per heavy atom. The van der Waals surface area contributed by atoms with E-state index in [2.05, 4.69) is 12.2 Å². The van der Waals surface area contributed by atoms with Crippen molar-refractivity contribution in [2.75, 3.05) is 0 Å². The van der Waals surface area contributed by atoms with E-state index in [0.29, 0.717) is 5.92 Å². The van der Waals surface area contributed by atoms with Gasteiger partial charge in [0.25, 0.3) is 0 Å². The molecular weight excluding hydrogens is 212 g/mol. The predicted molar refractivity (Wildman–Crippen MR) is 69.9 cm³/mol. The second kappa shape index (κ2) is 6.55. The zero-order valence-corrected chi connectivity index (χ0v) is 10.9. The molecule has 2 atom stereocenters. The zero-order chi connectivity index (χ0) is 12.0. The van der Waals surface area contributed by atoms with Gasteiger partial charge >= 0.3 is 0 Å². The van der Waals surface area contributed by atoms with Crippen molar-refractivity contribution < 1.29 is 10.1 Å². The lowest BCUT2D eigenvalue weighted by Gasteiger charge is -2.29. The van der Waals surface area contributed by atoms with Crippen molar-refractivity contribution in [3.8, 4) is 0 Å². The van der Waals surface area contributed by atoms with Gasteiger partial charge in [-0.2, -0.15) is 0 Å². The van der Waals surface area contributed by atoms with E-state index < -0.39 is 0 Å². The molecular formula is C15H26O2. The van der Waals surface area contributed by atoms with Crippen LogP contribution in [0.4, 0.5) is 0 Å². The Hall–Kier alpha value is -0.340. The average Bonchev–Trinajstić information content (AvgIpc) is 2.73. The van der Waals surface area contributed by atoms with Gasteiger partial charge in [0.2, 0.25) is 0 Å². The molecule has 0 saturated heterocycles. The summed E-state index contributed by atoms with van der Waals surface area (Å²) < 4.78 is 0. The minimum atomic E-state index is -0.348. The Morgan fingerprint density at radius 2 is 1.65 bits per heavy atom. The van der Waals surface area contributed by atoms with Crippen LogP contribution in [-0.4, -0.2) is 10.9 Å². The van der Waals surface area contributed by atoms with Gasteiger partial charge < -0.3 is 0 Å². The Kier molecular flexibility index (Phi) is 5.05. The third-order valence-electron chi connectivity index (χ3n) is 4.55. The minimum Gasteiger partial charge on any atom is -0.251 e. The lowest BCUT2D eigenvalue weighted by molar-refractivity contribution is -0.317. The molecule has 0 heterocycles. The molecule has 0 radical (unpaired) electrons. The highest BCUT2D eigenvalue weighted by atomic mass is 17.1. The van der Waals surface area contributed by atoms with E-state index in [1.165, 1.54) is 57.8 Å². The van der Waals surface area contributed by atoms with E-state index in [9.17, 15) is 5.26 Å². The third kappa shape index (κ3) is 3.32. The molecule has 1 saturated carbocycles. The van der Waals surface area contributed by atoms with E-state index in [1.54, 1.807) is 0 Å². The van der Waals surface area contributed by atoms with E-state index in [0.717, 1.165) is 12.8 Å². The molecule has 1 fully saturated rings. The molecule has 17 heavy (non-hydrogen) atoms. The van der Waals surface area contributed by atoms with Gasteiger partial charge in [-0.15, -0.1) is 0 Å². The summed E-state index contributed by atoms with van der Waals surface area (Å²) >= 11 is 0. The first kappa shape index (κ1) is 13.1. The van der Waals surface area contributed by atoms with Crippen LogP contribution in [-0.2, 0) is 4.89 Å². The van der Waals surface area contributed by atoms with Crippen LogP contribution in [0.25, 0.3) is 0 Å². The summed E-state index contributed by atoms with van der Waals surface area (Å²) in [6.45, 7) is 0. The summed E-state index contributed by atoms with van der Waals surface area (Å²) in [5.74, 6) is 0.531. The first-order chi connectivity index (χ1) is 8.37. The minimum absolute atomic E-state index is 0.348. The van der Waals surface area contributed by atoms with Crippen LogP contribution >= 0.6 is 0 Å². The van der Waals surface area contributed by atoms with Crippen molar-refractivity contribution in [2.24, 2.45) is 5.92 Å². The van der Waals surface area contributed by atoms with Crippen LogP contribution in [0.5, 0.6) is 0 Å². The Morgan fingerprint density at radius 1 is 0.941 bits per heavy atom. The normalized spacial score (nSPS) is 35.9. The number of hydrogen-bond acceptors (Lipinski definition) is 2. The standard InChI is InChI=1S/C15H26O2/c16-17-15-12-8-6-4-2-1-3-5-7-10-14(15)11-9-13-15/h8,12,14,16H,1-7,9-11,13H2. The molecule has 0 bridgehead atoms. The molecule has 0 aliphatic heterocycles. The zero-order valence-electron chi connectivity index (χ0n) is 10.9. The Bertz CT molecular complexity index is 249. The first-order valence-electron chi connectivity index (χ1n) is 7.38. The highest BCUT2D eigenvalue weighted by molar-refractivity contribution is 5.08. The monoisotopic (exact) mass is 238 g/mol. The van der Waals surface area contributed by atoms with Crippen molar-refractivity contribution in [1.29, 1.82) is 0 Å². The van der Waals surface area contributed by atoms with E-state index in [1.807, 2.05) is 0 Å². The topological polar surface area (TPSA) is 29.5 Å². The van der Waals surface area contributed by atoms with Crippen LogP contribution in [0.2, 0.25) is 0 Å². The molecule has 0 amide bonds. The van der Waals surface area contributed by atoms with Gasteiger partial charge in [-0.25, -0.2) is 4.89 Å². The summed E-state index contributed by atoms with van der Waals surface area (Å²) in [6.07, 6.45) is 18.2. The summed E-state index contributed by atoms with van der Waals surface area (Å²) in [6, 6.07) is 0. The Balaban J connectivity index is 2.03. The second-order valence-corrected chi connectivity index (χ2v) is 5.74. The smallest absolute Gasteiger partial charge is 0.124 e. The van der Waals surface area contributed by atoms with Gasteiger partial charge in [0.1, 0.15) is 5.60 Å². The van der Waals surface area contributed by atoms with Crippen LogP contribution < -0.4 is 0 Å². The van der Waals surface area contributed by atoms with Crippen LogP contribution in [0.15, 0.2) is 12.2 Å². The maximum Gasteiger partial charge on any atom is 0.124 e. The number of hydrogen-bond donors (Lipinski definition) is 1. The SMILES string of the molecule is OOC12C=CCCCCCCCCC1CCC2. The maximum absolute atomic E-state index is 9.31. The van der Waals surface area contributed by atoms with Crippen LogP contribution in [0.1, 0.15) is 70.6 Å². The molecule has 2 rings (SSSR count). The van der Waals surface area contributed by atoms with Crippen molar-refractivity contribution in [3.05, 3.63) is 12.2 Å². The molecule has 2 heteroatoms. The fourth-order valence-corrected chi connectivity index (χ4v) is 3.47. The summed E-state index contributed by atoms with van der Waals surface area (Å²) in [5.41, 5.74) is -0.348. The van der Waals surface area contributed by atoms with E-state index >= 15 is 0 Å². The molecule has 2 nitrogen and oxygen atoms in total. The molecule has 2 unspecified atom stereocenters. The molecule has 2 aliphatic carbocycles. The first-order valence-corrected chi connectivity index (χ1v) is 7.38. The summed E-state index contributed by atoms with van der Waals surface area (Å²) in [4.78, 5) is 4.92. The number of allylic oxidation sites excluding steroid dienone is 1. The molecule has 0 spiro atoms. The summed E-state index contributed by atoms with van der Waals surface area (Å²) in [7, 11) is 0. The Labute approximate surface area is 105 Å². The average molecular weight is 238 g/mol. The van der Waals surface area contributed by atoms with E-state index in [4.69, 9.17) is 4.89 Å². The molecule has 0 aromatic carbocycles.